The van der Waals surface area contributed by atoms with E-state index in [-0.39, 0.29) is 6.10 Å². The predicted octanol–water partition coefficient (Wildman–Crippen LogP) is 0.757. The molecular formula is C8H17NO. The lowest BCUT2D eigenvalue weighted by molar-refractivity contribution is 0.163. The Kier molecular flexibility index (Phi) is 2.32. The zero-order valence-corrected chi connectivity index (χ0v) is 6.85. The van der Waals surface area contributed by atoms with E-state index in [0.29, 0.717) is 5.41 Å². The average Bonchev–Trinajstić information content (AvgIpc) is 2.12. The summed E-state index contributed by atoms with van der Waals surface area (Å²) in [5.41, 5.74) is 0.355. The molecule has 2 unspecified atom stereocenters. The molecule has 2 heteroatoms. The Morgan fingerprint density at radius 1 is 1.70 bits per heavy atom. The van der Waals surface area contributed by atoms with Crippen molar-refractivity contribution in [3.05, 3.63) is 0 Å². The standard InChI is InChI=1S/C8H17NO/c1-8(6-9-2)4-3-7(10)5-8/h7,9-10H,3-6H2,1-2H3. The Morgan fingerprint density at radius 3 is 2.80 bits per heavy atom. The number of rotatable bonds is 2. The van der Waals surface area contributed by atoms with Crippen molar-refractivity contribution in [3.8, 4) is 0 Å². The third kappa shape index (κ3) is 1.70. The van der Waals surface area contributed by atoms with Crippen molar-refractivity contribution in [2.24, 2.45) is 5.41 Å². The summed E-state index contributed by atoms with van der Waals surface area (Å²) in [6.45, 7) is 3.27. The van der Waals surface area contributed by atoms with Gasteiger partial charge in [0.2, 0.25) is 0 Å². The first-order valence-corrected chi connectivity index (χ1v) is 3.99. The largest absolute Gasteiger partial charge is 0.393 e. The van der Waals surface area contributed by atoms with Gasteiger partial charge in [0.05, 0.1) is 6.10 Å². The van der Waals surface area contributed by atoms with Gasteiger partial charge in [-0.1, -0.05) is 6.92 Å². The fraction of sp³-hybridized carbons (Fsp3) is 1.00. The lowest BCUT2D eigenvalue weighted by Crippen LogP contribution is -2.27. The molecule has 60 valence electrons. The molecule has 0 aromatic rings. The number of aliphatic hydroxyl groups excluding tert-OH is 1. The van der Waals surface area contributed by atoms with Crippen LogP contribution in [-0.2, 0) is 0 Å². The fourth-order valence-corrected chi connectivity index (χ4v) is 1.88. The van der Waals surface area contributed by atoms with Crippen molar-refractivity contribution in [1.82, 2.24) is 5.32 Å². The van der Waals surface area contributed by atoms with Gasteiger partial charge in [-0.3, -0.25) is 0 Å². The minimum absolute atomic E-state index is 0.0432. The van der Waals surface area contributed by atoms with E-state index in [2.05, 4.69) is 12.2 Å². The van der Waals surface area contributed by atoms with Crippen LogP contribution in [0.4, 0.5) is 0 Å². The lowest BCUT2D eigenvalue weighted by Gasteiger charge is -2.22. The molecule has 2 nitrogen and oxygen atoms in total. The van der Waals surface area contributed by atoms with Crippen molar-refractivity contribution >= 4 is 0 Å². The van der Waals surface area contributed by atoms with Gasteiger partial charge in [-0.2, -0.15) is 0 Å². The van der Waals surface area contributed by atoms with Gasteiger partial charge in [-0.25, -0.2) is 0 Å². The maximum atomic E-state index is 9.26. The summed E-state index contributed by atoms with van der Waals surface area (Å²) in [5.74, 6) is 0. The molecule has 0 heterocycles. The van der Waals surface area contributed by atoms with Crippen LogP contribution in [-0.4, -0.2) is 24.8 Å². The third-order valence-electron chi connectivity index (χ3n) is 2.41. The predicted molar refractivity (Wildman–Crippen MR) is 41.9 cm³/mol. The smallest absolute Gasteiger partial charge is 0.0546 e. The van der Waals surface area contributed by atoms with E-state index >= 15 is 0 Å². The zero-order valence-electron chi connectivity index (χ0n) is 6.85. The molecule has 1 saturated carbocycles. The van der Waals surface area contributed by atoms with Gasteiger partial charge in [0.1, 0.15) is 0 Å². The summed E-state index contributed by atoms with van der Waals surface area (Å²) in [5, 5.41) is 12.4. The Bertz CT molecular complexity index is 112. The highest BCUT2D eigenvalue weighted by Gasteiger charge is 2.33. The van der Waals surface area contributed by atoms with Crippen LogP contribution in [0.15, 0.2) is 0 Å². The first-order chi connectivity index (χ1) is 4.66. The van der Waals surface area contributed by atoms with Crippen LogP contribution in [0.25, 0.3) is 0 Å². The van der Waals surface area contributed by atoms with Crippen molar-refractivity contribution in [3.63, 3.8) is 0 Å². The van der Waals surface area contributed by atoms with Crippen LogP contribution >= 0.6 is 0 Å². The van der Waals surface area contributed by atoms with Gasteiger partial charge in [0.25, 0.3) is 0 Å². The SMILES string of the molecule is CNCC1(C)CCC(O)C1. The fourth-order valence-electron chi connectivity index (χ4n) is 1.88. The van der Waals surface area contributed by atoms with Crippen LogP contribution in [0.2, 0.25) is 0 Å². The molecule has 0 radical (unpaired) electrons. The molecule has 0 spiro atoms. The van der Waals surface area contributed by atoms with Crippen LogP contribution < -0.4 is 5.32 Å². The number of hydrogen-bond donors (Lipinski definition) is 2. The van der Waals surface area contributed by atoms with E-state index in [1.165, 1.54) is 0 Å². The maximum absolute atomic E-state index is 9.26. The monoisotopic (exact) mass is 143 g/mol. The van der Waals surface area contributed by atoms with Crippen molar-refractivity contribution in [1.29, 1.82) is 0 Å². The summed E-state index contributed by atoms with van der Waals surface area (Å²) in [4.78, 5) is 0. The molecule has 2 N–H and O–H groups in total. The molecule has 0 saturated heterocycles. The van der Waals surface area contributed by atoms with Crippen molar-refractivity contribution in [2.45, 2.75) is 32.3 Å². The van der Waals surface area contributed by atoms with Crippen molar-refractivity contribution in [2.75, 3.05) is 13.6 Å². The first kappa shape index (κ1) is 8.02. The highest BCUT2D eigenvalue weighted by Crippen LogP contribution is 2.36. The highest BCUT2D eigenvalue weighted by atomic mass is 16.3. The van der Waals surface area contributed by atoms with Crippen LogP contribution in [0.1, 0.15) is 26.2 Å². The highest BCUT2D eigenvalue weighted by molar-refractivity contribution is 4.86. The number of hydrogen-bond acceptors (Lipinski definition) is 2. The Hall–Kier alpha value is -0.0800. The molecule has 1 fully saturated rings. The molecule has 2 atom stereocenters. The third-order valence-corrected chi connectivity index (χ3v) is 2.41. The van der Waals surface area contributed by atoms with E-state index in [0.717, 1.165) is 25.8 Å². The second-order valence-electron chi connectivity index (χ2n) is 3.74. The molecule has 0 amide bonds. The van der Waals surface area contributed by atoms with Gasteiger partial charge >= 0.3 is 0 Å². The molecule has 0 aromatic carbocycles. The topological polar surface area (TPSA) is 32.3 Å². The summed E-state index contributed by atoms with van der Waals surface area (Å²) in [6.07, 6.45) is 3.07. The molecule has 10 heavy (non-hydrogen) atoms. The molecule has 1 aliphatic carbocycles. The molecule has 1 aliphatic rings. The Labute approximate surface area is 62.6 Å². The van der Waals surface area contributed by atoms with E-state index in [1.807, 2.05) is 7.05 Å². The van der Waals surface area contributed by atoms with Gasteiger partial charge in [-0.05, 0) is 31.7 Å². The van der Waals surface area contributed by atoms with Gasteiger partial charge in [-0.15, -0.1) is 0 Å². The minimum atomic E-state index is -0.0432. The summed E-state index contributed by atoms with van der Waals surface area (Å²) in [7, 11) is 1.97. The van der Waals surface area contributed by atoms with Crippen LogP contribution in [0, 0.1) is 5.41 Å². The zero-order chi connectivity index (χ0) is 7.61. The van der Waals surface area contributed by atoms with E-state index in [1.54, 1.807) is 0 Å². The molecule has 0 aliphatic heterocycles. The Morgan fingerprint density at radius 2 is 2.40 bits per heavy atom. The molecule has 0 bridgehead atoms. The van der Waals surface area contributed by atoms with Crippen LogP contribution in [0.3, 0.4) is 0 Å². The molecule has 1 rings (SSSR count). The molecular weight excluding hydrogens is 126 g/mol. The maximum Gasteiger partial charge on any atom is 0.0546 e. The first-order valence-electron chi connectivity index (χ1n) is 3.99. The van der Waals surface area contributed by atoms with Gasteiger partial charge < -0.3 is 10.4 Å². The van der Waals surface area contributed by atoms with Gasteiger partial charge in [0.15, 0.2) is 0 Å². The summed E-state index contributed by atoms with van der Waals surface area (Å²) in [6, 6.07) is 0. The van der Waals surface area contributed by atoms with Crippen molar-refractivity contribution < 1.29 is 5.11 Å². The quantitative estimate of drug-likeness (QED) is 0.598. The van der Waals surface area contributed by atoms with E-state index in [9.17, 15) is 5.11 Å². The lowest BCUT2D eigenvalue weighted by atomic mass is 9.89. The summed E-state index contributed by atoms with van der Waals surface area (Å²) >= 11 is 0. The van der Waals surface area contributed by atoms with E-state index in [4.69, 9.17) is 0 Å². The second kappa shape index (κ2) is 2.89. The second-order valence-corrected chi connectivity index (χ2v) is 3.74. The van der Waals surface area contributed by atoms with E-state index < -0.39 is 0 Å². The number of aliphatic hydroxyl groups is 1. The molecule has 0 aromatic heterocycles. The van der Waals surface area contributed by atoms with Crippen LogP contribution in [0.5, 0.6) is 0 Å². The normalized spacial score (nSPS) is 40.5. The summed E-state index contributed by atoms with van der Waals surface area (Å²) < 4.78 is 0. The van der Waals surface area contributed by atoms with Gasteiger partial charge in [0, 0.05) is 6.54 Å². The average molecular weight is 143 g/mol. The minimum Gasteiger partial charge on any atom is -0.393 e. The number of nitrogens with one attached hydrogen (secondary N) is 1. The Balaban J connectivity index is 2.38.